The fraction of sp³-hybridized carbons (Fsp3) is 0.231. The molecule has 1 spiro atoms. The maximum atomic E-state index is 14.1. The monoisotopic (exact) mass is 464 g/mol. The molecule has 0 saturated carbocycles. The van der Waals surface area contributed by atoms with E-state index in [0.717, 1.165) is 11.1 Å². The molecule has 168 valence electrons. The topological polar surface area (TPSA) is 40.6 Å². The van der Waals surface area contributed by atoms with E-state index in [9.17, 15) is 18.4 Å². The van der Waals surface area contributed by atoms with Gasteiger partial charge in [-0.3, -0.25) is 9.59 Å². The summed E-state index contributed by atoms with van der Waals surface area (Å²) in [7, 11) is 0. The highest BCUT2D eigenvalue weighted by Gasteiger charge is 2.63. The van der Waals surface area contributed by atoms with Gasteiger partial charge in [-0.2, -0.15) is 0 Å². The number of rotatable bonds is 3. The Labute approximate surface area is 195 Å². The number of halogens is 2. The number of anilines is 1. The average Bonchev–Trinajstić information content (AvgIpc) is 3.21. The van der Waals surface area contributed by atoms with Gasteiger partial charge in [0.15, 0.2) is 4.87 Å². The summed E-state index contributed by atoms with van der Waals surface area (Å²) in [5.41, 5.74) is 2.43. The number of hydrogen-bond donors (Lipinski definition) is 0. The standard InChI is InChI=1S/C26H22F2N2O2S/c1-25(2)16-30(23(31)18-6-5-7-20(28)14-18)26(33-25)21-8-3-4-9-22(21)29(24(26)32)15-17-10-12-19(27)13-11-17/h3-14H,15-16H2,1-2H3/t26-/m1/s1. The zero-order chi connectivity index (χ0) is 23.4. The van der Waals surface area contributed by atoms with Crippen molar-refractivity contribution < 1.29 is 18.4 Å². The van der Waals surface area contributed by atoms with Gasteiger partial charge in [0.25, 0.3) is 11.8 Å². The number of carbonyl (C=O) groups excluding carboxylic acids is 2. The molecule has 0 N–H and O–H groups in total. The van der Waals surface area contributed by atoms with Gasteiger partial charge in [0.2, 0.25) is 0 Å². The molecule has 2 amide bonds. The Morgan fingerprint density at radius 3 is 2.42 bits per heavy atom. The van der Waals surface area contributed by atoms with Crippen molar-refractivity contribution in [2.75, 3.05) is 11.4 Å². The summed E-state index contributed by atoms with van der Waals surface area (Å²) in [4.78, 5) is 29.7. The number of hydrogen-bond acceptors (Lipinski definition) is 3. The third-order valence-electron chi connectivity index (χ3n) is 6.01. The lowest BCUT2D eigenvalue weighted by Crippen LogP contribution is -2.50. The third-order valence-corrected chi connectivity index (χ3v) is 7.60. The van der Waals surface area contributed by atoms with Gasteiger partial charge in [0.1, 0.15) is 11.6 Å². The van der Waals surface area contributed by atoms with Crippen LogP contribution in [0.3, 0.4) is 0 Å². The predicted molar refractivity (Wildman–Crippen MR) is 125 cm³/mol. The van der Waals surface area contributed by atoms with Crippen LogP contribution in [0, 0.1) is 11.6 Å². The molecule has 3 aromatic rings. The molecule has 2 aliphatic heterocycles. The first-order chi connectivity index (χ1) is 15.7. The second-order valence-electron chi connectivity index (χ2n) is 8.94. The van der Waals surface area contributed by atoms with E-state index in [1.165, 1.54) is 42.1 Å². The molecular formula is C26H22F2N2O2S. The molecule has 2 heterocycles. The second kappa shape index (κ2) is 7.70. The maximum absolute atomic E-state index is 14.1. The fourth-order valence-corrected chi connectivity index (χ4v) is 6.39. The van der Waals surface area contributed by atoms with Crippen LogP contribution in [0.15, 0.2) is 72.8 Å². The zero-order valence-corrected chi connectivity index (χ0v) is 19.0. The normalized spacial score (nSPS) is 21.0. The highest BCUT2D eigenvalue weighted by Crippen LogP contribution is 2.60. The molecule has 5 rings (SSSR count). The van der Waals surface area contributed by atoms with Crippen LogP contribution in [0.2, 0.25) is 0 Å². The lowest BCUT2D eigenvalue weighted by molar-refractivity contribution is -0.123. The molecule has 33 heavy (non-hydrogen) atoms. The maximum Gasteiger partial charge on any atom is 0.268 e. The van der Waals surface area contributed by atoms with Gasteiger partial charge in [0, 0.05) is 22.4 Å². The Morgan fingerprint density at radius 1 is 0.970 bits per heavy atom. The van der Waals surface area contributed by atoms with Crippen molar-refractivity contribution in [2.24, 2.45) is 0 Å². The highest BCUT2D eigenvalue weighted by molar-refractivity contribution is 8.02. The Kier molecular flexibility index (Phi) is 5.05. The van der Waals surface area contributed by atoms with Crippen LogP contribution >= 0.6 is 11.8 Å². The average molecular weight is 465 g/mol. The van der Waals surface area contributed by atoms with Gasteiger partial charge in [-0.25, -0.2) is 8.78 Å². The zero-order valence-electron chi connectivity index (χ0n) is 18.2. The van der Waals surface area contributed by atoms with E-state index in [1.807, 2.05) is 38.1 Å². The Hall–Kier alpha value is -3.19. The summed E-state index contributed by atoms with van der Waals surface area (Å²) in [6, 6.07) is 19.0. The predicted octanol–water partition coefficient (Wildman–Crippen LogP) is 5.33. The number of amides is 2. The molecule has 1 saturated heterocycles. The van der Waals surface area contributed by atoms with Crippen LogP contribution in [-0.2, 0) is 16.2 Å². The molecule has 0 aromatic heterocycles. The van der Waals surface area contributed by atoms with Gasteiger partial charge in [-0.05, 0) is 55.8 Å². The molecule has 0 aliphatic carbocycles. The third kappa shape index (κ3) is 3.51. The van der Waals surface area contributed by atoms with E-state index < -0.39 is 15.4 Å². The van der Waals surface area contributed by atoms with Crippen molar-refractivity contribution in [1.82, 2.24) is 4.90 Å². The molecular weight excluding hydrogens is 442 g/mol. The van der Waals surface area contributed by atoms with Crippen LogP contribution in [0.5, 0.6) is 0 Å². The fourth-order valence-electron chi connectivity index (χ4n) is 4.66. The van der Waals surface area contributed by atoms with Gasteiger partial charge in [0.05, 0.1) is 12.2 Å². The number of benzene rings is 3. The van der Waals surface area contributed by atoms with E-state index in [1.54, 1.807) is 28.0 Å². The first-order valence-electron chi connectivity index (χ1n) is 10.6. The second-order valence-corrected chi connectivity index (χ2v) is 10.8. The molecule has 0 bridgehead atoms. The Balaban J connectivity index is 1.62. The van der Waals surface area contributed by atoms with Crippen LogP contribution < -0.4 is 4.90 Å². The minimum Gasteiger partial charge on any atom is -0.310 e. The summed E-state index contributed by atoms with van der Waals surface area (Å²) in [5.74, 6) is -1.46. The van der Waals surface area contributed by atoms with Crippen molar-refractivity contribution in [3.8, 4) is 0 Å². The lowest BCUT2D eigenvalue weighted by Gasteiger charge is -2.33. The quantitative estimate of drug-likeness (QED) is 0.526. The number of thioether (sulfide) groups is 1. The lowest BCUT2D eigenvalue weighted by atomic mass is 10.0. The van der Waals surface area contributed by atoms with Gasteiger partial charge in [-0.1, -0.05) is 36.4 Å². The molecule has 7 heteroatoms. The molecule has 0 unspecified atom stereocenters. The van der Waals surface area contributed by atoms with Crippen molar-refractivity contribution in [3.63, 3.8) is 0 Å². The van der Waals surface area contributed by atoms with Gasteiger partial charge in [-0.15, -0.1) is 11.8 Å². The Morgan fingerprint density at radius 2 is 1.70 bits per heavy atom. The van der Waals surface area contributed by atoms with E-state index >= 15 is 0 Å². The van der Waals surface area contributed by atoms with Crippen LogP contribution in [0.1, 0.15) is 35.3 Å². The van der Waals surface area contributed by atoms with Gasteiger partial charge < -0.3 is 9.80 Å². The van der Waals surface area contributed by atoms with Crippen LogP contribution in [-0.4, -0.2) is 28.0 Å². The van der Waals surface area contributed by atoms with E-state index in [0.29, 0.717) is 12.2 Å². The molecule has 3 aromatic carbocycles. The van der Waals surface area contributed by atoms with Crippen molar-refractivity contribution in [2.45, 2.75) is 30.0 Å². The molecule has 0 radical (unpaired) electrons. The summed E-state index contributed by atoms with van der Waals surface area (Å²) in [5, 5.41) is 0. The summed E-state index contributed by atoms with van der Waals surface area (Å²) >= 11 is 1.44. The van der Waals surface area contributed by atoms with Crippen molar-refractivity contribution >= 4 is 29.3 Å². The van der Waals surface area contributed by atoms with Crippen LogP contribution in [0.25, 0.3) is 0 Å². The number of carbonyl (C=O) groups is 2. The number of nitrogens with zero attached hydrogens (tertiary/aromatic N) is 2. The van der Waals surface area contributed by atoms with Gasteiger partial charge >= 0.3 is 0 Å². The highest BCUT2D eigenvalue weighted by atomic mass is 32.2. The van der Waals surface area contributed by atoms with E-state index in [2.05, 4.69) is 0 Å². The first kappa shape index (κ1) is 21.6. The summed E-state index contributed by atoms with van der Waals surface area (Å²) in [6.45, 7) is 4.58. The van der Waals surface area contributed by atoms with Crippen molar-refractivity contribution in [1.29, 1.82) is 0 Å². The van der Waals surface area contributed by atoms with E-state index in [-0.39, 0.29) is 29.7 Å². The summed E-state index contributed by atoms with van der Waals surface area (Å²) < 4.78 is 26.9. The molecule has 4 nitrogen and oxygen atoms in total. The SMILES string of the molecule is CC1(C)CN(C(=O)c2cccc(F)c2)[C@]2(S1)C(=O)N(Cc1ccc(F)cc1)c1ccccc12. The van der Waals surface area contributed by atoms with Crippen LogP contribution in [0.4, 0.5) is 14.5 Å². The minimum atomic E-state index is -1.26. The van der Waals surface area contributed by atoms with E-state index in [4.69, 9.17) is 0 Å². The molecule has 1 atom stereocenters. The molecule has 1 fully saturated rings. The smallest absolute Gasteiger partial charge is 0.268 e. The Bertz CT molecular complexity index is 1260. The first-order valence-corrected chi connectivity index (χ1v) is 11.5. The van der Waals surface area contributed by atoms with Crippen molar-refractivity contribution in [3.05, 3.63) is 101 Å². The summed E-state index contributed by atoms with van der Waals surface area (Å²) in [6.07, 6.45) is 0. The number of fused-ring (bicyclic) bond motifs is 2. The minimum absolute atomic E-state index is 0.204. The number of para-hydroxylation sites is 1. The molecule has 2 aliphatic rings. The largest absolute Gasteiger partial charge is 0.310 e.